The highest BCUT2D eigenvalue weighted by Crippen LogP contribution is 2.35. The summed E-state index contributed by atoms with van der Waals surface area (Å²) < 4.78 is 70.5. The summed E-state index contributed by atoms with van der Waals surface area (Å²) >= 11 is 0. The van der Waals surface area contributed by atoms with Crippen LogP contribution in [0.2, 0.25) is 0 Å². The van der Waals surface area contributed by atoms with Crippen molar-refractivity contribution in [2.75, 3.05) is 22.4 Å². The topological polar surface area (TPSA) is 84.5 Å². The zero-order valence-electron chi connectivity index (χ0n) is 16.3. The zero-order chi connectivity index (χ0) is 22.2. The van der Waals surface area contributed by atoms with Gasteiger partial charge in [0.15, 0.2) is 0 Å². The van der Waals surface area contributed by atoms with Crippen molar-refractivity contribution in [1.82, 2.24) is 0 Å². The number of hydrogen-bond donors (Lipinski definition) is 2. The van der Waals surface area contributed by atoms with Gasteiger partial charge in [-0.1, -0.05) is 12.1 Å². The number of anilines is 2. The van der Waals surface area contributed by atoms with Gasteiger partial charge in [-0.2, -0.15) is 13.2 Å². The van der Waals surface area contributed by atoms with E-state index in [0.29, 0.717) is 40.1 Å². The van der Waals surface area contributed by atoms with E-state index in [1.165, 1.54) is 12.1 Å². The van der Waals surface area contributed by atoms with E-state index in [9.17, 15) is 26.4 Å². The van der Waals surface area contributed by atoms with Gasteiger partial charge in [0, 0.05) is 17.3 Å². The van der Waals surface area contributed by atoms with Crippen molar-refractivity contribution in [3.05, 3.63) is 64.7 Å². The van der Waals surface area contributed by atoms with E-state index in [1.54, 1.807) is 18.2 Å². The fourth-order valence-corrected chi connectivity index (χ4v) is 4.80. The first kappa shape index (κ1) is 21.4. The molecule has 0 saturated carbocycles. The van der Waals surface area contributed by atoms with Crippen LogP contribution in [0.15, 0.2) is 42.5 Å². The van der Waals surface area contributed by atoms with Crippen molar-refractivity contribution in [2.24, 2.45) is 0 Å². The van der Waals surface area contributed by atoms with Crippen LogP contribution in [-0.2, 0) is 38.8 Å². The molecule has 31 heavy (non-hydrogen) atoms. The zero-order valence-corrected chi connectivity index (χ0v) is 17.1. The molecule has 1 amide bonds. The molecular formula is C21H19F3N2O4S. The average molecular weight is 452 g/mol. The summed E-state index contributed by atoms with van der Waals surface area (Å²) in [4.78, 5) is 12.7. The molecule has 0 atom stereocenters. The maximum atomic E-state index is 13.0. The maximum Gasteiger partial charge on any atom is 0.416 e. The third-order valence-electron chi connectivity index (χ3n) is 5.18. The first-order chi connectivity index (χ1) is 14.6. The Morgan fingerprint density at radius 2 is 1.97 bits per heavy atom. The lowest BCUT2D eigenvalue weighted by Gasteiger charge is -2.21. The second-order valence-electron chi connectivity index (χ2n) is 7.33. The van der Waals surface area contributed by atoms with Crippen molar-refractivity contribution in [3.8, 4) is 0 Å². The van der Waals surface area contributed by atoms with Gasteiger partial charge in [0.2, 0.25) is 15.9 Å². The van der Waals surface area contributed by atoms with E-state index in [4.69, 9.17) is 4.74 Å². The van der Waals surface area contributed by atoms with Crippen LogP contribution >= 0.6 is 0 Å². The Kier molecular flexibility index (Phi) is 5.52. The molecule has 2 aromatic carbocycles. The van der Waals surface area contributed by atoms with Crippen LogP contribution in [-0.4, -0.2) is 26.7 Å². The molecule has 0 aliphatic carbocycles. The molecule has 2 aromatic rings. The van der Waals surface area contributed by atoms with Gasteiger partial charge in [0.25, 0.3) is 0 Å². The van der Waals surface area contributed by atoms with Crippen LogP contribution in [0, 0.1) is 0 Å². The molecule has 0 unspecified atom stereocenters. The maximum absolute atomic E-state index is 13.0. The van der Waals surface area contributed by atoms with Crippen LogP contribution < -0.4 is 10.0 Å². The second-order valence-corrected chi connectivity index (χ2v) is 9.18. The van der Waals surface area contributed by atoms with Crippen molar-refractivity contribution in [3.63, 3.8) is 0 Å². The molecule has 0 fully saturated rings. The SMILES string of the molecule is O=C(/C=C1\CCOCc2cc(C(F)(F)F)ccc21)Nc1cccc2c1CCS(=O)(=O)N2. The van der Waals surface area contributed by atoms with Gasteiger partial charge in [-0.15, -0.1) is 0 Å². The summed E-state index contributed by atoms with van der Waals surface area (Å²) in [6, 6.07) is 8.33. The van der Waals surface area contributed by atoms with Crippen molar-refractivity contribution < 1.29 is 31.1 Å². The van der Waals surface area contributed by atoms with E-state index >= 15 is 0 Å². The Morgan fingerprint density at radius 1 is 1.16 bits per heavy atom. The van der Waals surface area contributed by atoms with Gasteiger partial charge in [0.1, 0.15) is 0 Å². The Morgan fingerprint density at radius 3 is 2.74 bits per heavy atom. The number of carbonyl (C=O) groups excluding carboxylic acids is 1. The monoisotopic (exact) mass is 452 g/mol. The van der Waals surface area contributed by atoms with Crippen LogP contribution in [0.1, 0.15) is 28.7 Å². The fraction of sp³-hybridized carbons (Fsp3) is 0.286. The van der Waals surface area contributed by atoms with Crippen LogP contribution in [0.5, 0.6) is 0 Å². The largest absolute Gasteiger partial charge is 0.416 e. The number of benzene rings is 2. The number of rotatable bonds is 2. The molecule has 0 radical (unpaired) electrons. The lowest BCUT2D eigenvalue weighted by atomic mass is 9.96. The smallest absolute Gasteiger partial charge is 0.376 e. The Balaban J connectivity index is 1.61. The molecule has 2 aliphatic heterocycles. The minimum Gasteiger partial charge on any atom is -0.376 e. The number of amides is 1. The van der Waals surface area contributed by atoms with Gasteiger partial charge in [-0.25, -0.2) is 8.42 Å². The second kappa shape index (κ2) is 8.01. The molecular weight excluding hydrogens is 433 g/mol. The molecule has 164 valence electrons. The van der Waals surface area contributed by atoms with E-state index in [2.05, 4.69) is 10.0 Å². The number of sulfonamides is 1. The van der Waals surface area contributed by atoms with Crippen molar-refractivity contribution >= 4 is 32.9 Å². The first-order valence-corrected chi connectivity index (χ1v) is 11.2. The number of carbonyl (C=O) groups is 1. The highest BCUT2D eigenvalue weighted by Gasteiger charge is 2.31. The van der Waals surface area contributed by atoms with E-state index in [1.807, 2.05) is 0 Å². The number of hydrogen-bond acceptors (Lipinski definition) is 4. The van der Waals surface area contributed by atoms with Crippen LogP contribution in [0.4, 0.5) is 24.5 Å². The van der Waals surface area contributed by atoms with Gasteiger partial charge in [-0.3, -0.25) is 9.52 Å². The minimum atomic E-state index is -4.46. The van der Waals surface area contributed by atoms with Gasteiger partial charge >= 0.3 is 6.18 Å². The number of ether oxygens (including phenoxy) is 1. The quantitative estimate of drug-likeness (QED) is 0.676. The van der Waals surface area contributed by atoms with Crippen molar-refractivity contribution in [1.29, 1.82) is 0 Å². The molecule has 6 nitrogen and oxygen atoms in total. The molecule has 2 N–H and O–H groups in total. The van der Waals surface area contributed by atoms with E-state index < -0.39 is 27.7 Å². The average Bonchev–Trinajstić information content (AvgIpc) is 2.88. The van der Waals surface area contributed by atoms with Gasteiger partial charge < -0.3 is 10.1 Å². The molecule has 0 bridgehead atoms. The predicted octanol–water partition coefficient (Wildman–Crippen LogP) is 3.95. The number of halogens is 3. The Hall–Kier alpha value is -2.85. The molecule has 10 heteroatoms. The molecule has 0 aromatic heterocycles. The minimum absolute atomic E-state index is 0.0323. The number of nitrogens with one attached hydrogen (secondary N) is 2. The number of alkyl halides is 3. The Bertz CT molecular complexity index is 1170. The third-order valence-corrected chi connectivity index (χ3v) is 6.45. The molecule has 0 spiro atoms. The van der Waals surface area contributed by atoms with Crippen LogP contribution in [0.25, 0.3) is 5.57 Å². The van der Waals surface area contributed by atoms with E-state index in [-0.39, 0.29) is 25.4 Å². The summed E-state index contributed by atoms with van der Waals surface area (Å²) in [7, 11) is -3.38. The first-order valence-electron chi connectivity index (χ1n) is 9.54. The Labute approximate surface area is 177 Å². The third kappa shape index (κ3) is 4.75. The fourth-order valence-electron chi connectivity index (χ4n) is 3.70. The van der Waals surface area contributed by atoms with Crippen LogP contribution in [0.3, 0.4) is 0 Å². The molecule has 2 heterocycles. The normalized spacial score (nSPS) is 19.0. The molecule has 2 aliphatic rings. The summed E-state index contributed by atoms with van der Waals surface area (Å²) in [5.41, 5.74) is 2.32. The molecule has 0 saturated heterocycles. The van der Waals surface area contributed by atoms with Crippen molar-refractivity contribution in [2.45, 2.75) is 25.6 Å². The highest BCUT2D eigenvalue weighted by molar-refractivity contribution is 7.92. The number of fused-ring (bicyclic) bond motifs is 2. The highest BCUT2D eigenvalue weighted by atomic mass is 32.2. The summed E-state index contributed by atoms with van der Waals surface area (Å²) in [5, 5.41) is 2.76. The van der Waals surface area contributed by atoms with Gasteiger partial charge in [0.05, 0.1) is 30.2 Å². The lowest BCUT2D eigenvalue weighted by Crippen LogP contribution is -2.25. The lowest BCUT2D eigenvalue weighted by molar-refractivity contribution is -0.137. The summed E-state index contributed by atoms with van der Waals surface area (Å²) in [5.74, 6) is -0.537. The summed E-state index contributed by atoms with van der Waals surface area (Å²) in [6.45, 7) is 0.308. The molecule has 4 rings (SSSR count). The predicted molar refractivity (Wildman–Crippen MR) is 110 cm³/mol. The standard InChI is InChI=1S/C21H19F3N2O4S/c22-21(23,24)15-4-5-16-13(6-8-30-12-14(16)10-15)11-20(27)25-18-2-1-3-19-17(18)7-9-31(28,29)26-19/h1-5,10-11,26H,6-9,12H2,(H,25,27)/b13-11+. The van der Waals surface area contributed by atoms with E-state index in [0.717, 1.165) is 12.1 Å². The summed E-state index contributed by atoms with van der Waals surface area (Å²) in [6.07, 6.45) is -2.48. The van der Waals surface area contributed by atoms with Gasteiger partial charge in [-0.05, 0) is 53.8 Å².